The highest BCUT2D eigenvalue weighted by atomic mass is 16.5. The van der Waals surface area contributed by atoms with Crippen LogP contribution in [0, 0.1) is 0 Å². The molecule has 1 aliphatic heterocycles. The Bertz CT molecular complexity index is 952. The van der Waals surface area contributed by atoms with Gasteiger partial charge in [-0.25, -0.2) is 0 Å². The van der Waals surface area contributed by atoms with E-state index < -0.39 is 0 Å². The molecule has 1 heterocycles. The molecule has 0 fully saturated rings. The number of hydrogen-bond donors (Lipinski definition) is 1. The second kappa shape index (κ2) is 8.32. The molecule has 3 aromatic rings. The first-order valence-electron chi connectivity index (χ1n) is 9.63. The van der Waals surface area contributed by atoms with E-state index in [4.69, 9.17) is 4.74 Å². The second-order valence-corrected chi connectivity index (χ2v) is 7.07. The largest absolute Gasteiger partial charge is 0.497 e. The van der Waals surface area contributed by atoms with Crippen LogP contribution in [0.3, 0.4) is 0 Å². The third kappa shape index (κ3) is 3.67. The summed E-state index contributed by atoms with van der Waals surface area (Å²) in [7, 11) is 1.70. The molecule has 0 bridgehead atoms. The van der Waals surface area contributed by atoms with Crippen molar-refractivity contribution in [2.24, 2.45) is 0 Å². The van der Waals surface area contributed by atoms with Crippen molar-refractivity contribution in [2.75, 3.05) is 13.7 Å². The Morgan fingerprint density at radius 3 is 2.54 bits per heavy atom. The lowest BCUT2D eigenvalue weighted by Crippen LogP contribution is -2.33. The number of aliphatic hydroxyl groups is 1. The van der Waals surface area contributed by atoms with Crippen molar-refractivity contribution in [3.8, 4) is 5.75 Å². The molecule has 2 atom stereocenters. The van der Waals surface area contributed by atoms with Crippen molar-refractivity contribution in [2.45, 2.75) is 18.5 Å². The molecule has 0 saturated heterocycles. The second-order valence-electron chi connectivity index (χ2n) is 7.07. The van der Waals surface area contributed by atoms with Crippen molar-refractivity contribution in [3.63, 3.8) is 0 Å². The molecule has 1 aliphatic rings. The molecule has 0 amide bonds. The molecule has 3 heteroatoms. The summed E-state index contributed by atoms with van der Waals surface area (Å²) in [6.45, 7) is 0.0606. The fourth-order valence-corrected chi connectivity index (χ4v) is 4.00. The normalized spacial score (nSPS) is 16.5. The van der Waals surface area contributed by atoms with Crippen molar-refractivity contribution >= 4 is 6.08 Å². The smallest absolute Gasteiger partial charge is 0.119 e. The molecule has 0 aliphatic carbocycles. The highest BCUT2D eigenvalue weighted by molar-refractivity contribution is 5.57. The zero-order valence-electron chi connectivity index (χ0n) is 16.0. The van der Waals surface area contributed by atoms with E-state index in [2.05, 4.69) is 65.7 Å². The van der Waals surface area contributed by atoms with Gasteiger partial charge in [-0.3, -0.25) is 0 Å². The third-order valence-electron chi connectivity index (χ3n) is 5.42. The van der Waals surface area contributed by atoms with Gasteiger partial charge < -0.3 is 14.7 Å². The van der Waals surface area contributed by atoms with E-state index in [0.29, 0.717) is 0 Å². The fraction of sp³-hybridized carbons (Fsp3) is 0.200. The number of benzene rings is 3. The fourth-order valence-electron chi connectivity index (χ4n) is 4.00. The maximum absolute atomic E-state index is 10.3. The van der Waals surface area contributed by atoms with Crippen molar-refractivity contribution in [3.05, 3.63) is 107 Å². The Balaban J connectivity index is 1.74. The van der Waals surface area contributed by atoms with Crippen LogP contribution < -0.4 is 4.74 Å². The number of aliphatic hydroxyl groups excluding tert-OH is 1. The topological polar surface area (TPSA) is 32.7 Å². The first-order chi connectivity index (χ1) is 13.8. The van der Waals surface area contributed by atoms with Crippen LogP contribution in [0.15, 0.2) is 85.1 Å². The predicted molar refractivity (Wildman–Crippen MR) is 113 cm³/mol. The molecule has 3 aromatic carbocycles. The van der Waals surface area contributed by atoms with Crippen LogP contribution in [0.2, 0.25) is 0 Å². The van der Waals surface area contributed by atoms with Gasteiger partial charge in [0.05, 0.1) is 25.8 Å². The van der Waals surface area contributed by atoms with E-state index in [1.807, 2.05) is 30.3 Å². The lowest BCUT2D eigenvalue weighted by molar-refractivity contribution is 0.127. The first-order valence-corrected chi connectivity index (χ1v) is 9.63. The van der Waals surface area contributed by atoms with Crippen LogP contribution in [0.25, 0.3) is 6.08 Å². The van der Waals surface area contributed by atoms with Crippen LogP contribution in [-0.2, 0) is 6.42 Å². The van der Waals surface area contributed by atoms with Gasteiger partial charge in [-0.05, 0) is 46.9 Å². The molecular weight excluding hydrogens is 346 g/mol. The van der Waals surface area contributed by atoms with E-state index >= 15 is 0 Å². The highest BCUT2D eigenvalue weighted by Gasteiger charge is 2.29. The van der Waals surface area contributed by atoms with Crippen LogP contribution in [0.1, 0.15) is 34.3 Å². The number of ether oxygens (including phenoxy) is 1. The summed E-state index contributed by atoms with van der Waals surface area (Å²) in [6, 6.07) is 27.0. The molecule has 0 aromatic heterocycles. The minimum atomic E-state index is -0.0959. The van der Waals surface area contributed by atoms with Gasteiger partial charge in [0.15, 0.2) is 0 Å². The number of methoxy groups -OCH3 is 1. The molecular formula is C25H25NO2. The Morgan fingerprint density at radius 2 is 1.75 bits per heavy atom. The van der Waals surface area contributed by atoms with Gasteiger partial charge in [0.25, 0.3) is 0 Å². The minimum absolute atomic E-state index is 0.0606. The summed E-state index contributed by atoms with van der Waals surface area (Å²) in [5.41, 5.74) is 4.84. The van der Waals surface area contributed by atoms with Crippen LogP contribution in [0.5, 0.6) is 5.75 Å². The SMILES string of the molecule is COc1cccc(C[C@H]2c3ccccc3C=CN2[C@@H](CO)c2ccccc2)c1. The Kier molecular flexibility index (Phi) is 5.45. The Labute approximate surface area is 166 Å². The number of rotatable bonds is 6. The molecule has 3 nitrogen and oxygen atoms in total. The van der Waals surface area contributed by atoms with Gasteiger partial charge >= 0.3 is 0 Å². The average Bonchev–Trinajstić information content (AvgIpc) is 2.76. The van der Waals surface area contributed by atoms with Crippen molar-refractivity contribution < 1.29 is 9.84 Å². The summed E-state index contributed by atoms with van der Waals surface area (Å²) in [5, 5.41) is 10.3. The van der Waals surface area contributed by atoms with E-state index in [-0.39, 0.29) is 18.7 Å². The van der Waals surface area contributed by atoms with Crippen LogP contribution >= 0.6 is 0 Å². The van der Waals surface area contributed by atoms with Gasteiger partial charge in [0.2, 0.25) is 0 Å². The van der Waals surface area contributed by atoms with Gasteiger partial charge in [0, 0.05) is 6.20 Å². The average molecular weight is 371 g/mol. The molecule has 142 valence electrons. The number of hydrogen-bond acceptors (Lipinski definition) is 3. The van der Waals surface area contributed by atoms with Crippen LogP contribution in [0.4, 0.5) is 0 Å². The highest BCUT2D eigenvalue weighted by Crippen LogP contribution is 2.38. The molecule has 0 saturated carbocycles. The summed E-state index contributed by atoms with van der Waals surface area (Å²) in [4.78, 5) is 2.29. The molecule has 0 spiro atoms. The maximum atomic E-state index is 10.3. The monoisotopic (exact) mass is 371 g/mol. The maximum Gasteiger partial charge on any atom is 0.119 e. The predicted octanol–water partition coefficient (Wildman–Crippen LogP) is 5.00. The first kappa shape index (κ1) is 18.3. The quantitative estimate of drug-likeness (QED) is 0.662. The molecule has 0 radical (unpaired) electrons. The summed E-state index contributed by atoms with van der Waals surface area (Å²) in [5.74, 6) is 0.866. The van der Waals surface area contributed by atoms with E-state index in [1.165, 1.54) is 16.7 Å². The molecule has 1 N–H and O–H groups in total. The summed E-state index contributed by atoms with van der Waals surface area (Å²) in [6.07, 6.45) is 5.10. The van der Waals surface area contributed by atoms with E-state index in [1.54, 1.807) is 7.11 Å². The number of fused-ring (bicyclic) bond motifs is 1. The Morgan fingerprint density at radius 1 is 0.964 bits per heavy atom. The Hall–Kier alpha value is -3.04. The summed E-state index contributed by atoms with van der Waals surface area (Å²) >= 11 is 0. The summed E-state index contributed by atoms with van der Waals surface area (Å²) < 4.78 is 5.41. The zero-order valence-corrected chi connectivity index (χ0v) is 16.0. The minimum Gasteiger partial charge on any atom is -0.497 e. The molecule has 0 unspecified atom stereocenters. The van der Waals surface area contributed by atoms with E-state index in [9.17, 15) is 5.11 Å². The van der Waals surface area contributed by atoms with Crippen molar-refractivity contribution in [1.29, 1.82) is 0 Å². The van der Waals surface area contributed by atoms with Gasteiger partial charge in [0.1, 0.15) is 5.75 Å². The van der Waals surface area contributed by atoms with Crippen LogP contribution in [-0.4, -0.2) is 23.7 Å². The van der Waals surface area contributed by atoms with E-state index in [0.717, 1.165) is 17.7 Å². The lowest BCUT2D eigenvalue weighted by atomic mass is 9.89. The zero-order chi connectivity index (χ0) is 19.3. The van der Waals surface area contributed by atoms with Gasteiger partial charge in [-0.1, -0.05) is 66.7 Å². The molecule has 4 rings (SSSR count). The molecule has 28 heavy (non-hydrogen) atoms. The van der Waals surface area contributed by atoms with Crippen molar-refractivity contribution in [1.82, 2.24) is 4.90 Å². The van der Waals surface area contributed by atoms with Gasteiger partial charge in [-0.15, -0.1) is 0 Å². The lowest BCUT2D eigenvalue weighted by Gasteiger charge is -2.40. The standard InChI is InChI=1S/C25H25NO2/c1-28-22-12-7-8-19(16-22)17-24-23-13-6-5-9-20(23)14-15-26(24)25(18-27)21-10-3-2-4-11-21/h2-16,24-25,27H,17-18H2,1H3/t24-,25-/m0/s1. The van der Waals surface area contributed by atoms with Gasteiger partial charge in [-0.2, -0.15) is 0 Å². The third-order valence-corrected chi connectivity index (χ3v) is 5.42. The number of nitrogens with zero attached hydrogens (tertiary/aromatic N) is 1.